The lowest BCUT2D eigenvalue weighted by Crippen LogP contribution is -2.49. The van der Waals surface area contributed by atoms with Gasteiger partial charge in [0.2, 0.25) is 0 Å². The summed E-state index contributed by atoms with van der Waals surface area (Å²) in [4.78, 5) is 0. The van der Waals surface area contributed by atoms with Crippen LogP contribution in [0.15, 0.2) is 48.1 Å². The summed E-state index contributed by atoms with van der Waals surface area (Å²) in [5, 5.41) is 17.3. The van der Waals surface area contributed by atoms with Gasteiger partial charge in [-0.3, -0.25) is 0 Å². The van der Waals surface area contributed by atoms with E-state index >= 15 is 26.2 Å². The number of aromatic nitrogens is 4. The van der Waals surface area contributed by atoms with Crippen LogP contribution in [0.1, 0.15) is 70.5 Å². The molecule has 2 saturated heterocycles. The fourth-order valence-electron chi connectivity index (χ4n) is 8.27. The zero-order valence-corrected chi connectivity index (χ0v) is 29.1. The molecule has 1 unspecified atom stereocenters. The molecule has 2 fully saturated rings. The van der Waals surface area contributed by atoms with Crippen LogP contribution in [-0.4, -0.2) is 56.3 Å². The topological polar surface area (TPSA) is 74.7 Å². The van der Waals surface area contributed by atoms with Crippen LogP contribution in [0.2, 0.25) is 0 Å². The first-order valence-corrected chi connectivity index (χ1v) is 17.5. The second kappa shape index (κ2) is 12.6. The van der Waals surface area contributed by atoms with E-state index in [9.17, 15) is 0 Å². The second-order valence-corrected chi connectivity index (χ2v) is 13.9. The summed E-state index contributed by atoms with van der Waals surface area (Å²) in [7, 11) is 0. The monoisotopic (exact) mass is 718 g/mol. The zero-order chi connectivity index (χ0) is 36.6. The molecule has 8 nitrogen and oxygen atoms in total. The first-order valence-electron chi connectivity index (χ1n) is 17.5. The molecule has 1 atom stereocenters. The number of hydrogen-bond acceptors (Lipinski definition) is 5. The van der Waals surface area contributed by atoms with Gasteiger partial charge in [0.1, 0.15) is 17.6 Å². The molecule has 0 bridgehead atoms. The average Bonchev–Trinajstić information content (AvgIpc) is 3.97. The van der Waals surface area contributed by atoms with Crippen molar-refractivity contribution in [1.82, 2.24) is 30.1 Å². The molecule has 3 N–H and O–H groups in total. The first kappa shape index (κ1) is 34.1. The van der Waals surface area contributed by atoms with Crippen LogP contribution in [0, 0.1) is 51.0 Å². The molecule has 8 rings (SSSR count). The van der Waals surface area contributed by atoms with Gasteiger partial charge >= 0.3 is 6.97 Å². The lowest BCUT2D eigenvalue weighted by Gasteiger charge is -2.32. The molecule has 0 saturated carbocycles. The van der Waals surface area contributed by atoms with Gasteiger partial charge in [0.15, 0.2) is 29.0 Å². The smallest absolute Gasteiger partial charge is 0.396 e. The largest absolute Gasteiger partial charge is 0.737 e. The number of nitrogens with zero attached hydrogens (tertiary/aromatic N) is 5. The van der Waals surface area contributed by atoms with Crippen molar-refractivity contribution in [2.45, 2.75) is 66.0 Å². The molecule has 0 spiro atoms. The van der Waals surface area contributed by atoms with E-state index in [1.165, 1.54) is 17.1 Å². The van der Waals surface area contributed by atoms with Crippen LogP contribution in [-0.2, 0) is 6.54 Å². The lowest BCUT2D eigenvalue weighted by atomic mass is 9.81. The number of rotatable bonds is 7. The highest BCUT2D eigenvalue weighted by Crippen LogP contribution is 2.43. The summed E-state index contributed by atoms with van der Waals surface area (Å²) in [5.41, 5.74) is 5.90. The number of benzene rings is 2. The number of hydrogen-bond donors (Lipinski definition) is 3. The molecule has 4 aliphatic heterocycles. The van der Waals surface area contributed by atoms with Crippen molar-refractivity contribution in [3.05, 3.63) is 116 Å². The van der Waals surface area contributed by atoms with Gasteiger partial charge in [-0.15, -0.1) is 5.10 Å². The number of fused-ring (bicyclic) bond motifs is 2. The Labute approximate surface area is 296 Å². The van der Waals surface area contributed by atoms with E-state index in [1.54, 1.807) is 30.5 Å². The van der Waals surface area contributed by atoms with E-state index in [-0.39, 0.29) is 17.8 Å². The van der Waals surface area contributed by atoms with Gasteiger partial charge in [-0.25, -0.2) is 22.2 Å². The van der Waals surface area contributed by atoms with E-state index in [1.807, 2.05) is 27.7 Å². The third-order valence-corrected chi connectivity index (χ3v) is 11.0. The standard InChI is InChI=1S/C37H37BF6N8/c1-19-21(3)37(22(4)20(2)28(19)30-26-11-7-15-50(26)38(43,44)51-16-8-12-27(30)51)52-18-23(48-49-52)17-47-36-34(41)32(39)31(33(40)35(36)42)29(24-9-5-13-45-24)25-10-6-14-46-25/h7-8,11-12,15-16,18,24,45-47H,5-6,9-10,13-14,17H2,1-4H3. The van der Waals surface area contributed by atoms with Gasteiger partial charge in [-0.2, -0.15) is 0 Å². The number of halogens is 6. The van der Waals surface area contributed by atoms with Crippen LogP contribution in [0.4, 0.5) is 31.9 Å². The van der Waals surface area contributed by atoms with E-state index in [2.05, 4.69) is 26.3 Å². The molecule has 4 aliphatic rings. The molecular weight excluding hydrogens is 681 g/mol. The molecule has 52 heavy (non-hydrogen) atoms. The van der Waals surface area contributed by atoms with Crippen molar-refractivity contribution >= 4 is 30.0 Å². The Kier molecular flexibility index (Phi) is 8.23. The summed E-state index contributed by atoms with van der Waals surface area (Å²) in [6.45, 7) is 4.60. The van der Waals surface area contributed by atoms with Crippen LogP contribution in [0.5, 0.6) is 0 Å². The second-order valence-electron chi connectivity index (χ2n) is 13.9. The molecule has 0 radical (unpaired) electrons. The fraction of sp³-hybridized carbons (Fsp3) is 0.324. The molecule has 4 aromatic rings. The van der Waals surface area contributed by atoms with Crippen molar-refractivity contribution in [1.29, 1.82) is 0 Å². The number of allylic oxidation sites excluding steroid dienone is 3. The Bertz CT molecular complexity index is 2230. The maximum absolute atomic E-state index is 15.7. The number of nitrogens with one attached hydrogen (secondary N) is 3. The van der Waals surface area contributed by atoms with Crippen LogP contribution in [0.25, 0.3) is 16.8 Å². The molecular formula is C37H37BF6N8. The molecule has 2 aromatic carbocycles. The minimum atomic E-state index is -4.05. The molecule has 15 heteroatoms. The molecule has 0 aliphatic carbocycles. The highest BCUT2D eigenvalue weighted by Gasteiger charge is 2.52. The van der Waals surface area contributed by atoms with Crippen molar-refractivity contribution in [3.63, 3.8) is 0 Å². The Morgan fingerprint density at radius 1 is 0.981 bits per heavy atom. The van der Waals surface area contributed by atoms with Crippen molar-refractivity contribution in [2.75, 3.05) is 18.4 Å². The Morgan fingerprint density at radius 3 is 2.37 bits per heavy atom. The Morgan fingerprint density at radius 2 is 1.71 bits per heavy atom. The Hall–Kier alpha value is -5.05. The maximum atomic E-state index is 15.7. The number of anilines is 1. The highest BCUT2D eigenvalue weighted by molar-refractivity contribution is 6.57. The maximum Gasteiger partial charge on any atom is 0.737 e. The Balaban J connectivity index is 1.11. The third-order valence-electron chi connectivity index (χ3n) is 11.0. The van der Waals surface area contributed by atoms with E-state index in [4.69, 9.17) is 0 Å². The lowest BCUT2D eigenvalue weighted by molar-refractivity contribution is -0.356. The van der Waals surface area contributed by atoms with Gasteiger partial charge in [0.05, 0.1) is 29.6 Å². The van der Waals surface area contributed by atoms with Crippen molar-refractivity contribution in [2.24, 2.45) is 0 Å². The van der Waals surface area contributed by atoms with Crippen LogP contribution in [0.3, 0.4) is 0 Å². The van der Waals surface area contributed by atoms with Gasteiger partial charge < -0.3 is 33.5 Å². The normalized spacial score (nSPS) is 20.0. The molecule has 2 aromatic heterocycles. The highest BCUT2D eigenvalue weighted by atomic mass is 19.2. The van der Waals surface area contributed by atoms with Crippen molar-refractivity contribution in [3.8, 4) is 5.69 Å². The predicted octanol–water partition coefficient (Wildman–Crippen LogP) is 6.97. The molecule has 6 heterocycles. The van der Waals surface area contributed by atoms with Crippen LogP contribution >= 0.6 is 0 Å². The van der Waals surface area contributed by atoms with E-state index < -0.39 is 47.5 Å². The zero-order valence-electron chi connectivity index (χ0n) is 29.1. The van der Waals surface area contributed by atoms with Gasteiger partial charge in [0.25, 0.3) is 0 Å². The average molecular weight is 719 g/mol. The fourth-order valence-corrected chi connectivity index (χ4v) is 8.27. The van der Waals surface area contributed by atoms with Gasteiger partial charge in [0, 0.05) is 41.7 Å². The summed E-state index contributed by atoms with van der Waals surface area (Å²) >= 11 is 0. The predicted molar refractivity (Wildman–Crippen MR) is 188 cm³/mol. The van der Waals surface area contributed by atoms with Crippen molar-refractivity contribution < 1.29 is 30.7 Å². The summed E-state index contributed by atoms with van der Waals surface area (Å²) in [6.07, 6.45) is 10.4. The quantitative estimate of drug-likeness (QED) is 0.110. The molecule has 270 valence electrons. The summed E-state index contributed by atoms with van der Waals surface area (Å²) < 4.78 is 97.2. The SMILES string of the molecule is Cc1c(C)c(-n2cc(CNc3c(F)c(F)c(C(=C4CCCN4)C4CCCN4)c(F)c3F)nn2)c(C)c(C)c1C1=C2C=CC=[N+]2[B-](F)(F)n2cccc21. The van der Waals surface area contributed by atoms with Gasteiger partial charge in [-0.05, 0) is 106 Å². The van der Waals surface area contributed by atoms with Gasteiger partial charge in [-0.1, -0.05) is 5.21 Å². The summed E-state index contributed by atoms with van der Waals surface area (Å²) in [6, 6.07) is 2.89. The van der Waals surface area contributed by atoms with E-state index in [0.717, 1.165) is 49.6 Å². The van der Waals surface area contributed by atoms with Crippen LogP contribution < -0.4 is 16.0 Å². The minimum absolute atomic E-state index is 0.239. The minimum Gasteiger partial charge on any atom is -0.396 e. The van der Waals surface area contributed by atoms with E-state index in [0.29, 0.717) is 54.3 Å². The third kappa shape index (κ3) is 5.06. The molecule has 0 amide bonds. The summed E-state index contributed by atoms with van der Waals surface area (Å²) in [5.74, 6) is -5.93. The first-order chi connectivity index (χ1) is 24.9.